The Morgan fingerprint density at radius 1 is 1.21 bits per heavy atom. The van der Waals surface area contributed by atoms with Gasteiger partial charge < -0.3 is 4.74 Å². The largest absolute Gasteiger partial charge is 0.381 e. The van der Waals surface area contributed by atoms with Crippen molar-refractivity contribution in [3.05, 3.63) is 29.6 Å². The van der Waals surface area contributed by atoms with Crippen molar-refractivity contribution in [1.82, 2.24) is 4.72 Å². The van der Waals surface area contributed by atoms with Gasteiger partial charge in [-0.05, 0) is 6.07 Å². The standard InChI is InChI=1S/C13H13NO3S2/c15-19(16,14-13-9-5-17-6-10(9)13)12-7-18-11-4-2-1-3-8(11)12/h1-4,7,9-10,13-14H,5-6H2/t9-,10+,13?. The van der Waals surface area contributed by atoms with E-state index in [1.807, 2.05) is 24.3 Å². The van der Waals surface area contributed by atoms with Gasteiger partial charge in [-0.2, -0.15) is 0 Å². The first-order valence-electron chi connectivity index (χ1n) is 6.23. The first-order chi connectivity index (χ1) is 9.17. The van der Waals surface area contributed by atoms with Crippen molar-refractivity contribution in [2.75, 3.05) is 13.2 Å². The molecule has 1 unspecified atom stereocenters. The normalized spacial score (nSPS) is 29.6. The molecular formula is C13H13NO3S2. The molecule has 1 N–H and O–H groups in total. The number of fused-ring (bicyclic) bond motifs is 2. The third kappa shape index (κ3) is 1.82. The topological polar surface area (TPSA) is 55.4 Å². The summed E-state index contributed by atoms with van der Waals surface area (Å²) in [4.78, 5) is 0.402. The maximum Gasteiger partial charge on any atom is 0.242 e. The minimum absolute atomic E-state index is 0.0670. The number of ether oxygens (including phenoxy) is 1. The highest BCUT2D eigenvalue weighted by atomic mass is 32.2. The van der Waals surface area contributed by atoms with Crippen LogP contribution in [0.4, 0.5) is 0 Å². The molecule has 2 fully saturated rings. The molecule has 19 heavy (non-hydrogen) atoms. The summed E-state index contributed by atoms with van der Waals surface area (Å²) < 4.78 is 34.0. The summed E-state index contributed by atoms with van der Waals surface area (Å²) >= 11 is 1.47. The predicted octanol–water partition coefficient (Wildman–Crippen LogP) is 1.82. The van der Waals surface area contributed by atoms with Crippen molar-refractivity contribution in [1.29, 1.82) is 0 Å². The highest BCUT2D eigenvalue weighted by Crippen LogP contribution is 2.45. The molecule has 1 aromatic carbocycles. The van der Waals surface area contributed by atoms with Crippen LogP contribution < -0.4 is 4.72 Å². The van der Waals surface area contributed by atoms with E-state index in [0.29, 0.717) is 29.9 Å². The minimum Gasteiger partial charge on any atom is -0.381 e. The fourth-order valence-electron chi connectivity index (χ4n) is 2.82. The Balaban J connectivity index is 1.67. The van der Waals surface area contributed by atoms with Crippen LogP contribution in [0.2, 0.25) is 0 Å². The summed E-state index contributed by atoms with van der Waals surface area (Å²) in [5.41, 5.74) is 0. The molecule has 1 aliphatic heterocycles. The number of hydrogen-bond acceptors (Lipinski definition) is 4. The second kappa shape index (κ2) is 4.02. The Morgan fingerprint density at radius 2 is 1.95 bits per heavy atom. The number of sulfonamides is 1. The van der Waals surface area contributed by atoms with Gasteiger partial charge in [0.2, 0.25) is 10.0 Å². The van der Waals surface area contributed by atoms with Gasteiger partial charge in [-0.15, -0.1) is 11.3 Å². The van der Waals surface area contributed by atoms with Gasteiger partial charge in [0, 0.05) is 33.3 Å². The van der Waals surface area contributed by atoms with Gasteiger partial charge in [-0.1, -0.05) is 18.2 Å². The quantitative estimate of drug-likeness (QED) is 0.940. The SMILES string of the molecule is O=S(=O)(NC1[C@H]2COC[C@@H]12)c1csc2ccccc12. The monoisotopic (exact) mass is 295 g/mol. The summed E-state index contributed by atoms with van der Waals surface area (Å²) in [5, 5.41) is 2.53. The van der Waals surface area contributed by atoms with Crippen LogP contribution >= 0.6 is 11.3 Å². The van der Waals surface area contributed by atoms with E-state index in [0.717, 1.165) is 10.1 Å². The van der Waals surface area contributed by atoms with Gasteiger partial charge in [-0.3, -0.25) is 0 Å². The molecule has 2 aromatic rings. The molecule has 1 aromatic heterocycles. The van der Waals surface area contributed by atoms with Gasteiger partial charge in [0.05, 0.1) is 13.2 Å². The van der Waals surface area contributed by atoms with Crippen molar-refractivity contribution in [2.24, 2.45) is 11.8 Å². The lowest BCUT2D eigenvalue weighted by atomic mass is 10.3. The zero-order chi connectivity index (χ0) is 13.0. The second-order valence-corrected chi connectivity index (χ2v) is 7.70. The molecular weight excluding hydrogens is 282 g/mol. The van der Waals surface area contributed by atoms with Crippen LogP contribution in [-0.2, 0) is 14.8 Å². The average molecular weight is 295 g/mol. The lowest BCUT2D eigenvalue weighted by Gasteiger charge is -2.07. The molecule has 2 heterocycles. The number of hydrogen-bond donors (Lipinski definition) is 1. The zero-order valence-corrected chi connectivity index (χ0v) is 11.7. The van der Waals surface area contributed by atoms with Crippen LogP contribution in [0.15, 0.2) is 34.5 Å². The average Bonchev–Trinajstić information content (AvgIpc) is 2.86. The number of rotatable bonds is 3. The Bertz CT molecular complexity index is 727. The molecule has 2 aliphatic rings. The van der Waals surface area contributed by atoms with Crippen LogP contribution in [-0.4, -0.2) is 27.7 Å². The Labute approximate surface area is 115 Å². The van der Waals surface area contributed by atoms with Crippen LogP contribution in [0.5, 0.6) is 0 Å². The third-order valence-corrected chi connectivity index (χ3v) is 6.59. The highest BCUT2D eigenvalue weighted by molar-refractivity contribution is 7.90. The summed E-state index contributed by atoms with van der Waals surface area (Å²) in [6.07, 6.45) is 0. The minimum atomic E-state index is -3.42. The van der Waals surface area contributed by atoms with E-state index < -0.39 is 10.0 Å². The molecule has 1 saturated carbocycles. The van der Waals surface area contributed by atoms with Crippen molar-refractivity contribution < 1.29 is 13.2 Å². The number of thiophene rings is 1. The van der Waals surface area contributed by atoms with Crippen LogP contribution in [0.3, 0.4) is 0 Å². The van der Waals surface area contributed by atoms with E-state index in [1.54, 1.807) is 5.38 Å². The van der Waals surface area contributed by atoms with Crippen molar-refractivity contribution in [2.45, 2.75) is 10.9 Å². The van der Waals surface area contributed by atoms with Gasteiger partial charge in [-0.25, -0.2) is 13.1 Å². The van der Waals surface area contributed by atoms with Gasteiger partial charge in [0.15, 0.2) is 0 Å². The first kappa shape index (κ1) is 11.8. The van der Waals surface area contributed by atoms with Crippen LogP contribution in [0, 0.1) is 11.8 Å². The lowest BCUT2D eigenvalue weighted by molar-refractivity contribution is 0.159. The van der Waals surface area contributed by atoms with E-state index >= 15 is 0 Å². The van der Waals surface area contributed by atoms with E-state index in [4.69, 9.17) is 4.74 Å². The molecule has 1 saturated heterocycles. The third-order valence-electron chi connectivity index (χ3n) is 3.98. The molecule has 0 spiro atoms. The molecule has 0 amide bonds. The molecule has 4 nitrogen and oxygen atoms in total. The first-order valence-corrected chi connectivity index (χ1v) is 8.59. The molecule has 0 radical (unpaired) electrons. The second-order valence-electron chi connectivity index (χ2n) is 5.11. The van der Waals surface area contributed by atoms with Crippen LogP contribution in [0.1, 0.15) is 0 Å². The molecule has 4 rings (SSSR count). The summed E-state index contributed by atoms with van der Waals surface area (Å²) in [6.45, 7) is 1.37. The molecule has 100 valence electrons. The van der Waals surface area contributed by atoms with Crippen LogP contribution in [0.25, 0.3) is 10.1 Å². The Kier molecular flexibility index (Phi) is 2.51. The van der Waals surface area contributed by atoms with E-state index in [9.17, 15) is 8.42 Å². The summed E-state index contributed by atoms with van der Waals surface area (Å²) in [6, 6.07) is 7.66. The zero-order valence-electron chi connectivity index (χ0n) is 10.1. The van der Waals surface area contributed by atoms with Crippen molar-refractivity contribution in [3.63, 3.8) is 0 Å². The molecule has 0 bridgehead atoms. The summed E-state index contributed by atoms with van der Waals surface area (Å²) in [7, 11) is -3.42. The van der Waals surface area contributed by atoms with Gasteiger partial charge >= 0.3 is 0 Å². The maximum absolute atomic E-state index is 12.4. The van der Waals surface area contributed by atoms with Gasteiger partial charge in [0.1, 0.15) is 4.90 Å². The highest BCUT2D eigenvalue weighted by Gasteiger charge is 2.55. The smallest absolute Gasteiger partial charge is 0.242 e. The Hall–Kier alpha value is -0.950. The molecule has 1 aliphatic carbocycles. The van der Waals surface area contributed by atoms with Crippen molar-refractivity contribution >= 4 is 31.4 Å². The summed E-state index contributed by atoms with van der Waals surface area (Å²) in [5.74, 6) is 0.749. The molecule has 6 heteroatoms. The fourth-order valence-corrected chi connectivity index (χ4v) is 5.66. The number of nitrogens with one attached hydrogen (secondary N) is 1. The Morgan fingerprint density at radius 3 is 2.74 bits per heavy atom. The van der Waals surface area contributed by atoms with E-state index in [2.05, 4.69) is 4.72 Å². The number of benzene rings is 1. The fraction of sp³-hybridized carbons (Fsp3) is 0.385. The predicted molar refractivity (Wildman–Crippen MR) is 73.7 cm³/mol. The van der Waals surface area contributed by atoms with Crippen molar-refractivity contribution in [3.8, 4) is 0 Å². The molecule has 3 atom stereocenters. The van der Waals surface area contributed by atoms with Gasteiger partial charge in [0.25, 0.3) is 0 Å². The maximum atomic E-state index is 12.4. The van der Waals surface area contributed by atoms with E-state index in [-0.39, 0.29) is 6.04 Å². The van der Waals surface area contributed by atoms with E-state index in [1.165, 1.54) is 11.3 Å². The lowest BCUT2D eigenvalue weighted by Crippen LogP contribution is -2.29.